The second-order valence-electron chi connectivity index (χ2n) is 4.26. The molecule has 0 atom stereocenters. The Morgan fingerprint density at radius 1 is 1.40 bits per heavy atom. The first-order valence-corrected chi connectivity index (χ1v) is 5.68. The lowest BCUT2D eigenvalue weighted by Gasteiger charge is -2.23. The van der Waals surface area contributed by atoms with Gasteiger partial charge in [0.05, 0.1) is 12.2 Å². The molecule has 3 N–H and O–H groups in total. The second-order valence-corrected chi connectivity index (χ2v) is 4.26. The first-order valence-electron chi connectivity index (χ1n) is 5.68. The molecule has 1 aromatic rings. The molecular formula is C12H14F4N2O2. The lowest BCUT2D eigenvalue weighted by molar-refractivity contribution is -0.141. The SMILES string of the molecule is Cc1cc(N)cc(C(=O)N(CCO)CC(F)(F)F)c1F. The van der Waals surface area contributed by atoms with Crippen molar-refractivity contribution in [3.63, 3.8) is 0 Å². The number of aliphatic hydroxyl groups is 1. The van der Waals surface area contributed by atoms with Crippen LogP contribution < -0.4 is 5.73 Å². The van der Waals surface area contributed by atoms with Crippen LogP contribution in [0.2, 0.25) is 0 Å². The quantitative estimate of drug-likeness (QED) is 0.656. The standard InChI is InChI=1S/C12H14F4N2O2/c1-7-4-8(17)5-9(10(7)13)11(20)18(2-3-19)6-12(14,15)16/h4-5,19H,2-3,6,17H2,1H3. The normalized spacial score (nSPS) is 11.5. The predicted octanol–water partition coefficient (Wildman–Crippen LogP) is 1.71. The fraction of sp³-hybridized carbons (Fsp3) is 0.417. The molecule has 0 aliphatic carbocycles. The summed E-state index contributed by atoms with van der Waals surface area (Å²) in [5.41, 5.74) is 5.05. The van der Waals surface area contributed by atoms with Crippen molar-refractivity contribution < 1.29 is 27.5 Å². The van der Waals surface area contributed by atoms with E-state index >= 15 is 0 Å². The van der Waals surface area contributed by atoms with Crippen LogP contribution in [-0.4, -0.2) is 41.8 Å². The third-order valence-electron chi connectivity index (χ3n) is 2.53. The number of carbonyl (C=O) groups excluding carboxylic acids is 1. The van der Waals surface area contributed by atoms with E-state index in [2.05, 4.69) is 0 Å². The summed E-state index contributed by atoms with van der Waals surface area (Å²) in [6, 6.07) is 2.25. The molecule has 20 heavy (non-hydrogen) atoms. The number of nitrogen functional groups attached to an aromatic ring is 1. The number of rotatable bonds is 4. The number of hydrogen-bond acceptors (Lipinski definition) is 3. The highest BCUT2D eigenvalue weighted by Gasteiger charge is 2.34. The lowest BCUT2D eigenvalue weighted by atomic mass is 10.1. The molecule has 0 unspecified atom stereocenters. The number of carbonyl (C=O) groups is 1. The molecule has 0 saturated carbocycles. The maximum absolute atomic E-state index is 13.8. The van der Waals surface area contributed by atoms with E-state index in [0.29, 0.717) is 4.90 Å². The van der Waals surface area contributed by atoms with E-state index in [9.17, 15) is 22.4 Å². The zero-order chi connectivity index (χ0) is 15.5. The van der Waals surface area contributed by atoms with Gasteiger partial charge in [0.15, 0.2) is 0 Å². The number of amides is 1. The van der Waals surface area contributed by atoms with Gasteiger partial charge >= 0.3 is 6.18 Å². The molecule has 0 aliphatic heterocycles. The average molecular weight is 294 g/mol. The molecule has 0 heterocycles. The summed E-state index contributed by atoms with van der Waals surface area (Å²) >= 11 is 0. The maximum atomic E-state index is 13.8. The van der Waals surface area contributed by atoms with Crippen LogP contribution in [0.3, 0.4) is 0 Å². The van der Waals surface area contributed by atoms with Crippen LogP contribution in [0.15, 0.2) is 12.1 Å². The van der Waals surface area contributed by atoms with Gasteiger partial charge in [0.25, 0.3) is 5.91 Å². The third-order valence-corrected chi connectivity index (χ3v) is 2.53. The largest absolute Gasteiger partial charge is 0.406 e. The van der Waals surface area contributed by atoms with Gasteiger partial charge in [-0.05, 0) is 24.6 Å². The zero-order valence-electron chi connectivity index (χ0n) is 10.7. The van der Waals surface area contributed by atoms with Crippen molar-refractivity contribution in [2.45, 2.75) is 13.1 Å². The van der Waals surface area contributed by atoms with E-state index < -0.39 is 43.2 Å². The first-order chi connectivity index (χ1) is 9.15. The van der Waals surface area contributed by atoms with Crippen LogP contribution in [-0.2, 0) is 0 Å². The lowest BCUT2D eigenvalue weighted by Crippen LogP contribution is -2.41. The Bertz CT molecular complexity index is 503. The van der Waals surface area contributed by atoms with Gasteiger partial charge in [-0.1, -0.05) is 0 Å². The van der Waals surface area contributed by atoms with E-state index in [1.165, 1.54) is 13.0 Å². The number of nitrogens with two attached hydrogens (primary N) is 1. The molecule has 0 fully saturated rings. The molecule has 0 bridgehead atoms. The van der Waals surface area contributed by atoms with Crippen molar-refractivity contribution in [1.29, 1.82) is 0 Å². The smallest absolute Gasteiger partial charge is 0.399 e. The molecule has 0 aromatic heterocycles. The average Bonchev–Trinajstić information content (AvgIpc) is 2.30. The van der Waals surface area contributed by atoms with E-state index in [1.807, 2.05) is 0 Å². The molecule has 4 nitrogen and oxygen atoms in total. The second kappa shape index (κ2) is 6.08. The van der Waals surface area contributed by atoms with Crippen LogP contribution in [0.5, 0.6) is 0 Å². The van der Waals surface area contributed by atoms with Crippen LogP contribution in [0.25, 0.3) is 0 Å². The summed E-state index contributed by atoms with van der Waals surface area (Å²) < 4.78 is 50.9. The van der Waals surface area contributed by atoms with Gasteiger partial charge in [-0.3, -0.25) is 4.79 Å². The van der Waals surface area contributed by atoms with Crippen LogP contribution in [0.4, 0.5) is 23.2 Å². The first kappa shape index (κ1) is 16.2. The number of hydrogen-bond donors (Lipinski definition) is 2. The van der Waals surface area contributed by atoms with Crippen molar-refractivity contribution in [2.75, 3.05) is 25.4 Å². The van der Waals surface area contributed by atoms with Crippen molar-refractivity contribution >= 4 is 11.6 Å². The molecule has 8 heteroatoms. The Labute approximate surface area is 112 Å². The Kier molecular flexibility index (Phi) is 4.93. The van der Waals surface area contributed by atoms with Gasteiger partial charge < -0.3 is 15.7 Å². The van der Waals surface area contributed by atoms with Crippen LogP contribution >= 0.6 is 0 Å². The summed E-state index contributed by atoms with van der Waals surface area (Å²) in [6.07, 6.45) is -4.64. The Morgan fingerprint density at radius 2 is 2.00 bits per heavy atom. The zero-order valence-corrected chi connectivity index (χ0v) is 10.7. The van der Waals surface area contributed by atoms with Gasteiger partial charge in [-0.15, -0.1) is 0 Å². The van der Waals surface area contributed by atoms with Gasteiger partial charge in [-0.25, -0.2) is 4.39 Å². The Balaban J connectivity index is 3.12. The summed E-state index contributed by atoms with van der Waals surface area (Å²) in [7, 11) is 0. The molecule has 0 saturated heterocycles. The van der Waals surface area contributed by atoms with Crippen LogP contribution in [0.1, 0.15) is 15.9 Å². The number of halogens is 4. The van der Waals surface area contributed by atoms with Gasteiger partial charge in [0, 0.05) is 12.2 Å². The number of anilines is 1. The molecule has 1 rings (SSSR count). The number of aryl methyl sites for hydroxylation is 1. The predicted molar refractivity (Wildman–Crippen MR) is 64.6 cm³/mol. The van der Waals surface area contributed by atoms with Crippen molar-refractivity contribution in [1.82, 2.24) is 4.90 Å². The molecule has 0 spiro atoms. The molecule has 0 radical (unpaired) electrons. The molecule has 1 amide bonds. The highest BCUT2D eigenvalue weighted by Crippen LogP contribution is 2.22. The summed E-state index contributed by atoms with van der Waals surface area (Å²) in [5.74, 6) is -2.08. The highest BCUT2D eigenvalue weighted by molar-refractivity contribution is 5.95. The minimum Gasteiger partial charge on any atom is -0.399 e. The number of alkyl halides is 3. The highest BCUT2D eigenvalue weighted by atomic mass is 19.4. The molecule has 0 aliphatic rings. The van der Waals surface area contributed by atoms with E-state index in [4.69, 9.17) is 10.8 Å². The molecule has 112 valence electrons. The fourth-order valence-electron chi connectivity index (χ4n) is 1.71. The molecular weight excluding hydrogens is 280 g/mol. The van der Waals surface area contributed by atoms with Crippen molar-refractivity contribution in [2.24, 2.45) is 0 Å². The maximum Gasteiger partial charge on any atom is 0.406 e. The fourth-order valence-corrected chi connectivity index (χ4v) is 1.71. The van der Waals surface area contributed by atoms with Crippen LogP contribution in [0, 0.1) is 12.7 Å². The number of nitrogens with zero attached hydrogens (tertiary/aromatic N) is 1. The Morgan fingerprint density at radius 3 is 2.50 bits per heavy atom. The van der Waals surface area contributed by atoms with E-state index in [-0.39, 0.29) is 11.3 Å². The summed E-state index contributed by atoms with van der Waals surface area (Å²) in [4.78, 5) is 12.3. The monoisotopic (exact) mass is 294 g/mol. The third kappa shape index (κ3) is 4.09. The van der Waals surface area contributed by atoms with Crippen molar-refractivity contribution in [3.8, 4) is 0 Å². The van der Waals surface area contributed by atoms with Gasteiger partial charge in [0.2, 0.25) is 0 Å². The topological polar surface area (TPSA) is 66.6 Å². The van der Waals surface area contributed by atoms with E-state index in [0.717, 1.165) is 6.07 Å². The van der Waals surface area contributed by atoms with Gasteiger partial charge in [-0.2, -0.15) is 13.2 Å². The molecule has 1 aromatic carbocycles. The summed E-state index contributed by atoms with van der Waals surface area (Å²) in [6.45, 7) is -1.43. The van der Waals surface area contributed by atoms with Gasteiger partial charge in [0.1, 0.15) is 12.4 Å². The Hall–Kier alpha value is -1.83. The summed E-state index contributed by atoms with van der Waals surface area (Å²) in [5, 5.41) is 8.73. The minimum absolute atomic E-state index is 0.0595. The minimum atomic E-state index is -4.64. The number of benzene rings is 1. The van der Waals surface area contributed by atoms with Crippen molar-refractivity contribution in [3.05, 3.63) is 29.1 Å². The van der Waals surface area contributed by atoms with E-state index in [1.54, 1.807) is 0 Å². The number of aliphatic hydroxyl groups excluding tert-OH is 1.